The van der Waals surface area contributed by atoms with Gasteiger partial charge in [0.05, 0.1) is 19.4 Å². The topological polar surface area (TPSA) is 60.6 Å². The van der Waals surface area contributed by atoms with Gasteiger partial charge in [-0.25, -0.2) is 4.85 Å². The Kier molecular flexibility index (Phi) is 3.77. The van der Waals surface area contributed by atoms with Crippen molar-refractivity contribution in [3.8, 4) is 0 Å². The van der Waals surface area contributed by atoms with Gasteiger partial charge in [-0.2, -0.15) is 8.42 Å². The lowest BCUT2D eigenvalue weighted by Crippen LogP contribution is -2.06. The average molecular weight is 226 g/mol. The zero-order chi connectivity index (χ0) is 11.3. The molecule has 0 atom stereocenters. The largest absolute Gasteiger partial charge is 0.273 e. The van der Waals surface area contributed by atoms with Gasteiger partial charge in [-0.1, -0.05) is 12.1 Å². The highest BCUT2D eigenvalue weighted by atomic mass is 32.2. The van der Waals surface area contributed by atoms with Crippen molar-refractivity contribution in [1.29, 1.82) is 0 Å². The average Bonchev–Trinajstić information content (AvgIpc) is 2.17. The molecule has 0 fully saturated rings. The Morgan fingerprint density at radius 2 is 2.27 bits per heavy atom. The molecule has 0 saturated carbocycles. The van der Waals surface area contributed by atoms with Crippen molar-refractivity contribution in [2.75, 3.05) is 12.9 Å². The molecule has 0 aromatic carbocycles. The summed E-state index contributed by atoms with van der Waals surface area (Å²) >= 11 is 0. The second kappa shape index (κ2) is 4.87. The van der Waals surface area contributed by atoms with Crippen molar-refractivity contribution in [1.82, 2.24) is 4.98 Å². The van der Waals surface area contributed by atoms with E-state index in [1.807, 2.05) is 0 Å². The number of pyridine rings is 1. The molecule has 0 amide bonds. The standard InChI is InChI=1S/C9H10N2O3S/c1-10-9-4-3-8(11-7-9)5-6-14-15(2,12)13/h3-4,7H,5-6H2,2H3. The van der Waals surface area contributed by atoms with Gasteiger partial charge in [-0.3, -0.25) is 9.17 Å². The molecule has 15 heavy (non-hydrogen) atoms. The van der Waals surface area contributed by atoms with Gasteiger partial charge in [0.25, 0.3) is 10.1 Å². The number of nitrogens with zero attached hydrogens (tertiary/aromatic N) is 2. The SMILES string of the molecule is [C-]#[N+]c1ccc(CCOS(C)(=O)=O)nc1. The summed E-state index contributed by atoms with van der Waals surface area (Å²) in [6, 6.07) is 3.31. The summed E-state index contributed by atoms with van der Waals surface area (Å²) in [7, 11) is -3.38. The van der Waals surface area contributed by atoms with Crippen LogP contribution in [0.25, 0.3) is 4.85 Å². The van der Waals surface area contributed by atoms with Gasteiger partial charge < -0.3 is 0 Å². The summed E-state index contributed by atoms with van der Waals surface area (Å²) in [5, 5.41) is 0. The zero-order valence-electron chi connectivity index (χ0n) is 8.17. The van der Waals surface area contributed by atoms with Crippen LogP contribution in [0.1, 0.15) is 5.69 Å². The van der Waals surface area contributed by atoms with Crippen molar-refractivity contribution in [2.24, 2.45) is 0 Å². The maximum absolute atomic E-state index is 10.6. The molecule has 0 saturated heterocycles. The van der Waals surface area contributed by atoms with E-state index >= 15 is 0 Å². The fourth-order valence-corrected chi connectivity index (χ4v) is 1.31. The van der Waals surface area contributed by atoms with Crippen LogP contribution in [0, 0.1) is 6.57 Å². The van der Waals surface area contributed by atoms with Crippen molar-refractivity contribution in [3.63, 3.8) is 0 Å². The van der Waals surface area contributed by atoms with E-state index in [2.05, 4.69) is 14.0 Å². The third-order valence-electron chi connectivity index (χ3n) is 1.59. The minimum absolute atomic E-state index is 0.0726. The Balaban J connectivity index is 2.49. The van der Waals surface area contributed by atoms with E-state index in [1.165, 1.54) is 6.20 Å². The first-order chi connectivity index (χ1) is 7.01. The number of hydrogen-bond donors (Lipinski definition) is 0. The van der Waals surface area contributed by atoms with E-state index < -0.39 is 10.1 Å². The van der Waals surface area contributed by atoms with Gasteiger partial charge in [0.1, 0.15) is 0 Å². The van der Waals surface area contributed by atoms with Crippen LogP contribution in [-0.4, -0.2) is 26.3 Å². The predicted molar refractivity (Wildman–Crippen MR) is 55.0 cm³/mol. The van der Waals surface area contributed by atoms with E-state index in [9.17, 15) is 8.42 Å². The summed E-state index contributed by atoms with van der Waals surface area (Å²) in [5.41, 5.74) is 1.16. The Morgan fingerprint density at radius 1 is 1.53 bits per heavy atom. The molecule has 1 rings (SSSR count). The smallest absolute Gasteiger partial charge is 0.264 e. The first kappa shape index (κ1) is 11.6. The Bertz CT molecular complexity index is 459. The molecule has 1 aromatic heterocycles. The lowest BCUT2D eigenvalue weighted by Gasteiger charge is -2.00. The lowest BCUT2D eigenvalue weighted by atomic mass is 10.3. The van der Waals surface area contributed by atoms with Crippen LogP contribution in [-0.2, 0) is 20.7 Å². The molecular weight excluding hydrogens is 216 g/mol. The first-order valence-electron chi connectivity index (χ1n) is 4.18. The Morgan fingerprint density at radius 3 is 2.73 bits per heavy atom. The van der Waals surface area contributed by atoms with Gasteiger partial charge in [0.2, 0.25) is 5.69 Å². The summed E-state index contributed by atoms with van der Waals surface area (Å²) in [4.78, 5) is 7.17. The number of hydrogen-bond acceptors (Lipinski definition) is 4. The molecule has 1 heterocycles. The van der Waals surface area contributed by atoms with E-state index in [0.717, 1.165) is 6.26 Å². The van der Waals surface area contributed by atoms with E-state index in [-0.39, 0.29) is 6.61 Å². The molecule has 0 spiro atoms. The summed E-state index contributed by atoms with van der Waals surface area (Å²) in [5.74, 6) is 0. The monoisotopic (exact) mass is 226 g/mol. The number of aromatic nitrogens is 1. The molecule has 0 aliphatic heterocycles. The van der Waals surface area contributed by atoms with Crippen molar-refractivity contribution >= 4 is 15.8 Å². The van der Waals surface area contributed by atoms with E-state index in [0.29, 0.717) is 17.8 Å². The van der Waals surface area contributed by atoms with Crippen LogP contribution in [0.5, 0.6) is 0 Å². The van der Waals surface area contributed by atoms with Crippen LogP contribution in [0.3, 0.4) is 0 Å². The van der Waals surface area contributed by atoms with Crippen molar-refractivity contribution in [3.05, 3.63) is 35.4 Å². The lowest BCUT2D eigenvalue weighted by molar-refractivity contribution is 0.324. The van der Waals surface area contributed by atoms with Gasteiger partial charge in [-0.15, -0.1) is 0 Å². The molecule has 1 aromatic rings. The van der Waals surface area contributed by atoms with Gasteiger partial charge in [0.15, 0.2) is 0 Å². The highest BCUT2D eigenvalue weighted by Crippen LogP contribution is 2.09. The molecule has 0 bridgehead atoms. The number of rotatable bonds is 4. The Labute approximate surface area is 88.7 Å². The van der Waals surface area contributed by atoms with Crippen LogP contribution < -0.4 is 0 Å². The third-order valence-corrected chi connectivity index (χ3v) is 2.19. The molecule has 80 valence electrons. The minimum Gasteiger partial charge on any atom is -0.273 e. The van der Waals surface area contributed by atoms with Gasteiger partial charge in [-0.05, 0) is 0 Å². The Hall–Kier alpha value is -1.45. The highest BCUT2D eigenvalue weighted by Gasteiger charge is 2.02. The molecule has 5 nitrogen and oxygen atoms in total. The van der Waals surface area contributed by atoms with E-state index in [1.54, 1.807) is 12.1 Å². The maximum Gasteiger partial charge on any atom is 0.264 e. The molecule has 0 aliphatic carbocycles. The third kappa shape index (κ3) is 4.54. The van der Waals surface area contributed by atoms with Crippen molar-refractivity contribution < 1.29 is 12.6 Å². The molecular formula is C9H10N2O3S. The molecule has 0 N–H and O–H groups in total. The summed E-state index contributed by atoms with van der Waals surface area (Å²) in [6.45, 7) is 6.79. The highest BCUT2D eigenvalue weighted by molar-refractivity contribution is 7.85. The van der Waals surface area contributed by atoms with Crippen LogP contribution in [0.15, 0.2) is 18.3 Å². The van der Waals surface area contributed by atoms with Crippen LogP contribution in [0.2, 0.25) is 0 Å². The van der Waals surface area contributed by atoms with Crippen LogP contribution in [0.4, 0.5) is 5.69 Å². The zero-order valence-corrected chi connectivity index (χ0v) is 8.99. The minimum atomic E-state index is -3.38. The predicted octanol–water partition coefficient (Wildman–Crippen LogP) is 1.15. The summed E-state index contributed by atoms with van der Waals surface area (Å²) in [6.07, 6.45) is 2.86. The van der Waals surface area contributed by atoms with Gasteiger partial charge in [0, 0.05) is 18.3 Å². The summed E-state index contributed by atoms with van der Waals surface area (Å²) < 4.78 is 25.8. The van der Waals surface area contributed by atoms with E-state index in [4.69, 9.17) is 6.57 Å². The molecule has 0 unspecified atom stereocenters. The maximum atomic E-state index is 10.6. The fraction of sp³-hybridized carbons (Fsp3) is 0.333. The van der Waals surface area contributed by atoms with Crippen LogP contribution >= 0.6 is 0 Å². The molecule has 6 heteroatoms. The second-order valence-corrected chi connectivity index (χ2v) is 4.54. The quantitative estimate of drug-likeness (QED) is 0.570. The second-order valence-electron chi connectivity index (χ2n) is 2.90. The normalized spacial score (nSPS) is 10.9. The molecule has 0 aliphatic rings. The molecule has 0 radical (unpaired) electrons. The van der Waals surface area contributed by atoms with Crippen molar-refractivity contribution in [2.45, 2.75) is 6.42 Å². The van der Waals surface area contributed by atoms with Gasteiger partial charge >= 0.3 is 0 Å². The fourth-order valence-electron chi connectivity index (χ4n) is 0.928. The first-order valence-corrected chi connectivity index (χ1v) is 6.00.